The van der Waals surface area contributed by atoms with E-state index in [0.717, 1.165) is 0 Å². The molecular weight excluding hydrogens is 288 g/mol. The quantitative estimate of drug-likeness (QED) is 0.851. The zero-order valence-corrected chi connectivity index (χ0v) is 13.0. The fourth-order valence-electron chi connectivity index (χ4n) is 2.24. The fourth-order valence-corrected chi connectivity index (χ4v) is 3.78. The van der Waals surface area contributed by atoms with E-state index >= 15 is 0 Å². The summed E-state index contributed by atoms with van der Waals surface area (Å²) >= 11 is 0. The van der Waals surface area contributed by atoms with E-state index in [0.29, 0.717) is 28.3 Å². The van der Waals surface area contributed by atoms with Crippen LogP contribution in [0, 0.1) is 13.8 Å². The van der Waals surface area contributed by atoms with Crippen LogP contribution in [-0.2, 0) is 10.0 Å². The summed E-state index contributed by atoms with van der Waals surface area (Å²) in [6.07, 6.45) is 0. The lowest BCUT2D eigenvalue weighted by Gasteiger charge is -2.15. The van der Waals surface area contributed by atoms with Crippen LogP contribution in [0.15, 0.2) is 41.3 Å². The van der Waals surface area contributed by atoms with Gasteiger partial charge in [-0.15, -0.1) is 0 Å². The second-order valence-electron chi connectivity index (χ2n) is 4.78. The second-order valence-corrected chi connectivity index (χ2v) is 6.40. The van der Waals surface area contributed by atoms with Gasteiger partial charge in [0.25, 0.3) is 10.0 Å². The highest BCUT2D eigenvalue weighted by Gasteiger charge is 2.21. The Kier molecular flexibility index (Phi) is 4.09. The number of hydrogen-bond donors (Lipinski definition) is 2. The molecule has 2 rings (SSSR count). The maximum atomic E-state index is 12.6. The van der Waals surface area contributed by atoms with E-state index in [1.807, 2.05) is 0 Å². The molecule has 2 aromatic rings. The molecule has 0 aromatic heterocycles. The molecule has 2 aromatic carbocycles. The van der Waals surface area contributed by atoms with Crippen LogP contribution in [0.2, 0.25) is 0 Å². The molecule has 3 N–H and O–H groups in total. The van der Waals surface area contributed by atoms with Crippen LogP contribution >= 0.6 is 0 Å². The number of sulfonamides is 1. The number of nitrogens with one attached hydrogen (secondary N) is 1. The van der Waals surface area contributed by atoms with Crippen molar-refractivity contribution in [1.29, 1.82) is 0 Å². The Morgan fingerprint density at radius 2 is 1.67 bits per heavy atom. The van der Waals surface area contributed by atoms with Crippen molar-refractivity contribution in [3.05, 3.63) is 47.5 Å². The molecule has 0 amide bonds. The molecule has 0 atom stereocenters. The third-order valence-corrected chi connectivity index (χ3v) is 4.81. The summed E-state index contributed by atoms with van der Waals surface area (Å²) in [5, 5.41) is 0. The third kappa shape index (κ3) is 3.11. The maximum absolute atomic E-state index is 12.6. The van der Waals surface area contributed by atoms with E-state index in [-0.39, 0.29) is 4.90 Å². The maximum Gasteiger partial charge on any atom is 0.262 e. The third-order valence-electron chi connectivity index (χ3n) is 3.14. The molecule has 0 unspecified atom stereocenters. The molecule has 0 aliphatic heterocycles. The predicted molar refractivity (Wildman–Crippen MR) is 84.1 cm³/mol. The van der Waals surface area contributed by atoms with Crippen LogP contribution in [0.25, 0.3) is 0 Å². The number of methoxy groups -OCH3 is 1. The number of ether oxygens (including phenoxy) is 1. The summed E-state index contributed by atoms with van der Waals surface area (Å²) < 4.78 is 32.8. The highest BCUT2D eigenvalue weighted by molar-refractivity contribution is 7.92. The Balaban J connectivity index is 2.48. The van der Waals surface area contributed by atoms with Gasteiger partial charge < -0.3 is 10.5 Å². The normalized spacial score (nSPS) is 11.2. The first-order valence-electron chi connectivity index (χ1n) is 6.37. The standard InChI is InChI=1S/C15H18N2O3S/c1-10-8-12(20-3)9-11(2)15(10)21(18,19)17-14-7-5-4-6-13(14)16/h4-9,17H,16H2,1-3H3. The van der Waals surface area contributed by atoms with Crippen LogP contribution in [0.3, 0.4) is 0 Å². The first-order valence-corrected chi connectivity index (χ1v) is 7.86. The van der Waals surface area contributed by atoms with Gasteiger partial charge in [-0.3, -0.25) is 4.72 Å². The summed E-state index contributed by atoms with van der Waals surface area (Å²) in [7, 11) is -2.16. The van der Waals surface area contributed by atoms with Crippen molar-refractivity contribution < 1.29 is 13.2 Å². The van der Waals surface area contributed by atoms with Crippen LogP contribution in [-0.4, -0.2) is 15.5 Å². The van der Waals surface area contributed by atoms with Gasteiger partial charge in [0.1, 0.15) is 5.75 Å². The van der Waals surface area contributed by atoms with Gasteiger partial charge >= 0.3 is 0 Å². The van der Waals surface area contributed by atoms with E-state index < -0.39 is 10.0 Å². The van der Waals surface area contributed by atoms with Gasteiger partial charge in [0.2, 0.25) is 0 Å². The average molecular weight is 306 g/mol. The van der Waals surface area contributed by atoms with E-state index in [1.165, 1.54) is 0 Å². The van der Waals surface area contributed by atoms with Crippen molar-refractivity contribution in [2.75, 3.05) is 17.6 Å². The molecule has 5 nitrogen and oxygen atoms in total. The monoisotopic (exact) mass is 306 g/mol. The Bertz CT molecular complexity index is 747. The van der Waals surface area contributed by atoms with Gasteiger partial charge in [-0.05, 0) is 49.2 Å². The van der Waals surface area contributed by atoms with Crippen molar-refractivity contribution in [3.8, 4) is 5.75 Å². The summed E-state index contributed by atoms with van der Waals surface area (Å²) in [5.74, 6) is 0.628. The molecule has 0 fully saturated rings. The van der Waals surface area contributed by atoms with E-state index in [9.17, 15) is 8.42 Å². The van der Waals surface area contributed by atoms with Crippen molar-refractivity contribution >= 4 is 21.4 Å². The first kappa shape index (κ1) is 15.2. The number of nitrogen functional groups attached to an aromatic ring is 1. The highest BCUT2D eigenvalue weighted by atomic mass is 32.2. The lowest BCUT2D eigenvalue weighted by Crippen LogP contribution is -2.16. The summed E-state index contributed by atoms with van der Waals surface area (Å²) in [5.41, 5.74) is 7.77. The van der Waals surface area contributed by atoms with Gasteiger partial charge in [0.05, 0.1) is 23.4 Å². The summed E-state index contributed by atoms with van der Waals surface area (Å²) in [6.45, 7) is 3.47. The summed E-state index contributed by atoms with van der Waals surface area (Å²) in [4.78, 5) is 0.242. The van der Waals surface area contributed by atoms with Crippen LogP contribution in [0.5, 0.6) is 5.75 Å². The Morgan fingerprint density at radius 1 is 1.10 bits per heavy atom. The average Bonchev–Trinajstić information content (AvgIpc) is 2.40. The lowest BCUT2D eigenvalue weighted by molar-refractivity contribution is 0.413. The number of hydrogen-bond acceptors (Lipinski definition) is 4. The number of anilines is 2. The molecule has 0 aliphatic rings. The topological polar surface area (TPSA) is 81.4 Å². The Labute approximate surface area is 124 Å². The van der Waals surface area contributed by atoms with Gasteiger partial charge in [0.15, 0.2) is 0 Å². The number of nitrogens with two attached hydrogens (primary N) is 1. The van der Waals surface area contributed by atoms with E-state index in [2.05, 4.69) is 4.72 Å². The van der Waals surface area contributed by atoms with Crippen LogP contribution in [0.1, 0.15) is 11.1 Å². The van der Waals surface area contributed by atoms with Crippen molar-refractivity contribution in [2.24, 2.45) is 0 Å². The molecule has 0 aliphatic carbocycles. The number of rotatable bonds is 4. The van der Waals surface area contributed by atoms with Crippen LogP contribution < -0.4 is 15.2 Å². The number of aryl methyl sites for hydroxylation is 2. The Hall–Kier alpha value is -2.21. The van der Waals surface area contributed by atoms with Gasteiger partial charge in [0, 0.05) is 0 Å². The summed E-state index contributed by atoms with van der Waals surface area (Å²) in [6, 6.07) is 10.1. The smallest absolute Gasteiger partial charge is 0.262 e. The second kappa shape index (κ2) is 5.65. The molecule has 0 saturated carbocycles. The number of benzene rings is 2. The molecular formula is C15H18N2O3S. The lowest BCUT2D eigenvalue weighted by atomic mass is 10.1. The van der Waals surface area contributed by atoms with Crippen molar-refractivity contribution in [2.45, 2.75) is 18.7 Å². The minimum absolute atomic E-state index is 0.242. The van der Waals surface area contributed by atoms with E-state index in [4.69, 9.17) is 10.5 Å². The van der Waals surface area contributed by atoms with Crippen molar-refractivity contribution in [1.82, 2.24) is 0 Å². The van der Waals surface area contributed by atoms with Crippen LogP contribution in [0.4, 0.5) is 11.4 Å². The predicted octanol–water partition coefficient (Wildman–Crippen LogP) is 2.70. The highest BCUT2D eigenvalue weighted by Crippen LogP contribution is 2.28. The molecule has 0 bridgehead atoms. The number of para-hydroxylation sites is 2. The molecule has 0 heterocycles. The Morgan fingerprint density at radius 3 is 2.19 bits per heavy atom. The molecule has 6 heteroatoms. The molecule has 0 radical (unpaired) electrons. The molecule has 0 spiro atoms. The fraction of sp³-hybridized carbons (Fsp3) is 0.200. The minimum Gasteiger partial charge on any atom is -0.497 e. The minimum atomic E-state index is -3.71. The van der Waals surface area contributed by atoms with Gasteiger partial charge in [-0.1, -0.05) is 12.1 Å². The van der Waals surface area contributed by atoms with Gasteiger partial charge in [-0.2, -0.15) is 0 Å². The van der Waals surface area contributed by atoms with Gasteiger partial charge in [-0.25, -0.2) is 8.42 Å². The molecule has 0 saturated heterocycles. The SMILES string of the molecule is COc1cc(C)c(S(=O)(=O)Nc2ccccc2N)c(C)c1. The first-order chi connectivity index (χ1) is 9.85. The molecule has 21 heavy (non-hydrogen) atoms. The largest absolute Gasteiger partial charge is 0.497 e. The zero-order chi connectivity index (χ0) is 15.6. The van der Waals surface area contributed by atoms with Crippen molar-refractivity contribution in [3.63, 3.8) is 0 Å². The van der Waals surface area contributed by atoms with E-state index in [1.54, 1.807) is 57.4 Å². The molecule has 112 valence electrons. The zero-order valence-electron chi connectivity index (χ0n) is 12.2.